The summed E-state index contributed by atoms with van der Waals surface area (Å²) in [4.78, 5) is 2.24. The molecule has 0 radical (unpaired) electrons. The van der Waals surface area contributed by atoms with E-state index in [-0.39, 0.29) is 11.5 Å². The molecule has 3 N–H and O–H groups in total. The maximum absolute atomic E-state index is 10.8. The van der Waals surface area contributed by atoms with Crippen molar-refractivity contribution >= 4 is 0 Å². The first-order chi connectivity index (χ1) is 14.3. The monoisotopic (exact) mass is 409 g/mol. The highest BCUT2D eigenvalue weighted by atomic mass is 16.5. The third-order valence-electron chi connectivity index (χ3n) is 5.38. The fourth-order valence-electron chi connectivity index (χ4n) is 3.68. The highest BCUT2D eigenvalue weighted by Gasteiger charge is 2.25. The van der Waals surface area contributed by atoms with Crippen LogP contribution in [0.25, 0.3) is 0 Å². The van der Waals surface area contributed by atoms with Gasteiger partial charge in [-0.25, -0.2) is 0 Å². The Morgan fingerprint density at radius 2 is 1.77 bits per heavy atom. The predicted molar refractivity (Wildman–Crippen MR) is 121 cm³/mol. The molecule has 2 aromatic carbocycles. The van der Waals surface area contributed by atoms with Gasteiger partial charge in [-0.15, -0.1) is 0 Å². The van der Waals surface area contributed by atoms with Gasteiger partial charge in [-0.3, -0.25) is 4.90 Å². The highest BCUT2D eigenvalue weighted by molar-refractivity contribution is 5.27. The molecule has 0 aliphatic heterocycles. The molecule has 0 fully saturated rings. The van der Waals surface area contributed by atoms with E-state index in [1.54, 1.807) is 7.11 Å². The van der Waals surface area contributed by atoms with E-state index in [4.69, 9.17) is 15.7 Å². The van der Waals surface area contributed by atoms with Crippen molar-refractivity contribution < 1.29 is 9.84 Å². The van der Waals surface area contributed by atoms with Gasteiger partial charge in [0.05, 0.1) is 19.3 Å². The molecule has 2 atom stereocenters. The summed E-state index contributed by atoms with van der Waals surface area (Å²) in [6, 6.07) is 19.9. The molecule has 0 aromatic heterocycles. The Morgan fingerprint density at radius 1 is 1.10 bits per heavy atom. The summed E-state index contributed by atoms with van der Waals surface area (Å²) in [7, 11) is 1.66. The second kappa shape index (κ2) is 11.7. The summed E-state index contributed by atoms with van der Waals surface area (Å²) in [5, 5.41) is 19.8. The first-order valence-electron chi connectivity index (χ1n) is 10.5. The molecule has 5 nitrogen and oxygen atoms in total. The molecule has 0 heterocycles. The van der Waals surface area contributed by atoms with Crippen LogP contribution in [0.3, 0.4) is 0 Å². The van der Waals surface area contributed by atoms with E-state index in [1.807, 2.05) is 54.6 Å². The van der Waals surface area contributed by atoms with E-state index in [9.17, 15) is 5.11 Å². The van der Waals surface area contributed by atoms with Crippen LogP contribution in [0.5, 0.6) is 5.75 Å². The average Bonchev–Trinajstić information content (AvgIpc) is 2.73. The van der Waals surface area contributed by atoms with Crippen LogP contribution in [0, 0.1) is 16.7 Å². The largest absolute Gasteiger partial charge is 0.497 e. The lowest BCUT2D eigenvalue weighted by Crippen LogP contribution is -2.46. The van der Waals surface area contributed by atoms with Gasteiger partial charge in [0.2, 0.25) is 0 Å². The number of rotatable bonds is 12. The van der Waals surface area contributed by atoms with Gasteiger partial charge in [-0.1, -0.05) is 56.3 Å². The molecular weight excluding hydrogens is 374 g/mol. The van der Waals surface area contributed by atoms with Crippen LogP contribution in [-0.4, -0.2) is 42.4 Å². The zero-order valence-electron chi connectivity index (χ0n) is 18.4. The Morgan fingerprint density at radius 3 is 2.37 bits per heavy atom. The quantitative estimate of drug-likeness (QED) is 0.558. The molecule has 0 spiro atoms. The Hall–Kier alpha value is -2.39. The molecule has 2 unspecified atom stereocenters. The van der Waals surface area contributed by atoms with Crippen LogP contribution in [0.15, 0.2) is 54.6 Å². The summed E-state index contributed by atoms with van der Waals surface area (Å²) >= 11 is 0. The summed E-state index contributed by atoms with van der Waals surface area (Å²) < 4.78 is 5.25. The zero-order valence-corrected chi connectivity index (χ0v) is 18.4. The maximum atomic E-state index is 10.8. The lowest BCUT2D eigenvalue weighted by molar-refractivity contribution is 0.0658. The number of methoxy groups -OCH3 is 1. The number of aliphatic hydroxyl groups is 1. The number of nitrogens with two attached hydrogens (primary N) is 1. The van der Waals surface area contributed by atoms with Gasteiger partial charge in [0.15, 0.2) is 0 Å². The number of hydrogen-bond donors (Lipinski definition) is 2. The molecule has 30 heavy (non-hydrogen) atoms. The van der Waals surface area contributed by atoms with Crippen molar-refractivity contribution in [3.63, 3.8) is 0 Å². The van der Waals surface area contributed by atoms with Gasteiger partial charge in [0.1, 0.15) is 5.75 Å². The Bertz CT molecular complexity index is 784. The molecule has 2 rings (SSSR count). The number of nitrogens with zero attached hydrogens (tertiary/aromatic N) is 2. The van der Waals surface area contributed by atoms with Crippen molar-refractivity contribution in [3.05, 3.63) is 65.7 Å². The van der Waals surface area contributed by atoms with Crippen LogP contribution in [-0.2, 0) is 13.0 Å². The molecule has 0 bridgehead atoms. The average molecular weight is 410 g/mol. The minimum absolute atomic E-state index is 0.0363. The maximum Gasteiger partial charge on any atom is 0.118 e. The SMILES string of the molecule is COc1ccc(CN(CC(O)C(N)Cc2ccccc2)CC(C)(C)CCC#N)cc1. The van der Waals surface area contributed by atoms with Crippen molar-refractivity contribution in [3.8, 4) is 11.8 Å². The highest BCUT2D eigenvalue weighted by Crippen LogP contribution is 2.25. The van der Waals surface area contributed by atoms with E-state index in [0.717, 1.165) is 29.8 Å². The van der Waals surface area contributed by atoms with Crippen LogP contribution < -0.4 is 10.5 Å². The summed E-state index contributed by atoms with van der Waals surface area (Å²) in [5.41, 5.74) is 8.57. The third kappa shape index (κ3) is 8.16. The van der Waals surface area contributed by atoms with Crippen molar-refractivity contribution in [1.82, 2.24) is 4.90 Å². The standard InChI is InChI=1S/C25H35N3O2/c1-25(2,14-7-15-26)19-28(17-21-10-12-22(30-3)13-11-21)18-24(29)23(27)16-20-8-5-4-6-9-20/h4-6,8-13,23-24,29H,7,14,16-19,27H2,1-3H3. The molecule has 0 amide bonds. The minimum atomic E-state index is -0.643. The smallest absolute Gasteiger partial charge is 0.118 e. The van der Waals surface area contributed by atoms with Crippen LogP contribution >= 0.6 is 0 Å². The molecular formula is C25H35N3O2. The fourth-order valence-corrected chi connectivity index (χ4v) is 3.68. The zero-order chi connectivity index (χ0) is 22.0. The molecule has 0 aliphatic rings. The van der Waals surface area contributed by atoms with Crippen molar-refractivity contribution in [2.45, 2.75) is 51.8 Å². The van der Waals surface area contributed by atoms with Gasteiger partial charge in [-0.2, -0.15) is 5.26 Å². The summed E-state index contributed by atoms with van der Waals surface area (Å²) in [6.07, 6.45) is 1.33. The second-order valence-electron chi connectivity index (χ2n) is 8.76. The number of nitriles is 1. The normalized spacial score (nSPS) is 13.6. The Labute approximate surface area is 181 Å². The molecule has 5 heteroatoms. The van der Waals surface area contributed by atoms with E-state index in [1.165, 1.54) is 0 Å². The number of hydrogen-bond acceptors (Lipinski definition) is 5. The molecule has 2 aromatic rings. The third-order valence-corrected chi connectivity index (χ3v) is 5.38. The van der Waals surface area contributed by atoms with Gasteiger partial charge in [0.25, 0.3) is 0 Å². The molecule has 0 saturated heterocycles. The van der Waals surface area contributed by atoms with E-state index in [0.29, 0.717) is 25.9 Å². The second-order valence-corrected chi connectivity index (χ2v) is 8.76. The predicted octanol–water partition coefficient (Wildman–Crippen LogP) is 3.76. The van der Waals surface area contributed by atoms with Gasteiger partial charge < -0.3 is 15.6 Å². The van der Waals surface area contributed by atoms with Crippen molar-refractivity contribution in [2.75, 3.05) is 20.2 Å². The van der Waals surface area contributed by atoms with Crippen LogP contribution in [0.1, 0.15) is 37.8 Å². The molecule has 162 valence electrons. The number of benzene rings is 2. The van der Waals surface area contributed by atoms with E-state index in [2.05, 4.69) is 24.8 Å². The summed E-state index contributed by atoms with van der Waals surface area (Å²) in [6.45, 7) is 6.30. The lowest BCUT2D eigenvalue weighted by Gasteiger charge is -2.35. The fraction of sp³-hybridized carbons (Fsp3) is 0.480. The number of ether oxygens (including phenoxy) is 1. The van der Waals surface area contributed by atoms with Crippen molar-refractivity contribution in [2.24, 2.45) is 11.1 Å². The van der Waals surface area contributed by atoms with Gasteiger partial charge in [0, 0.05) is 32.1 Å². The molecule has 0 aliphatic carbocycles. The van der Waals surface area contributed by atoms with E-state index >= 15 is 0 Å². The Kier molecular flexibility index (Phi) is 9.32. The first kappa shape index (κ1) is 23.9. The van der Waals surface area contributed by atoms with E-state index < -0.39 is 6.10 Å². The first-order valence-corrected chi connectivity index (χ1v) is 10.5. The van der Waals surface area contributed by atoms with Crippen LogP contribution in [0.2, 0.25) is 0 Å². The minimum Gasteiger partial charge on any atom is -0.497 e. The topological polar surface area (TPSA) is 82.5 Å². The van der Waals surface area contributed by atoms with Gasteiger partial charge in [-0.05, 0) is 41.5 Å². The lowest BCUT2D eigenvalue weighted by atomic mass is 9.87. The molecule has 0 saturated carbocycles. The van der Waals surface area contributed by atoms with Crippen molar-refractivity contribution in [1.29, 1.82) is 5.26 Å². The van der Waals surface area contributed by atoms with Gasteiger partial charge >= 0.3 is 0 Å². The summed E-state index contributed by atoms with van der Waals surface area (Å²) in [5.74, 6) is 0.824. The number of aliphatic hydroxyl groups excluding tert-OH is 1. The van der Waals surface area contributed by atoms with Crippen LogP contribution in [0.4, 0.5) is 0 Å². The Balaban J connectivity index is 2.07.